The molecule has 106 valence electrons. The molecular formula is C16H26N2O. The van der Waals surface area contributed by atoms with Gasteiger partial charge in [-0.15, -0.1) is 0 Å². The van der Waals surface area contributed by atoms with Gasteiger partial charge in [0.1, 0.15) is 0 Å². The molecule has 0 unspecified atom stereocenters. The fourth-order valence-electron chi connectivity index (χ4n) is 2.15. The first-order valence-electron chi connectivity index (χ1n) is 7.13. The van der Waals surface area contributed by atoms with Crippen molar-refractivity contribution in [3.63, 3.8) is 0 Å². The predicted molar refractivity (Wildman–Crippen MR) is 81.8 cm³/mol. The van der Waals surface area contributed by atoms with E-state index >= 15 is 0 Å². The van der Waals surface area contributed by atoms with Crippen molar-refractivity contribution in [2.75, 3.05) is 25.0 Å². The third kappa shape index (κ3) is 4.27. The van der Waals surface area contributed by atoms with Crippen molar-refractivity contribution < 1.29 is 4.79 Å². The Morgan fingerprint density at radius 2 is 2.00 bits per heavy atom. The molecule has 0 aliphatic carbocycles. The molecule has 0 saturated carbocycles. The average molecular weight is 262 g/mol. The van der Waals surface area contributed by atoms with E-state index in [1.807, 2.05) is 43.9 Å². The molecule has 0 aliphatic rings. The van der Waals surface area contributed by atoms with Crippen LogP contribution >= 0.6 is 0 Å². The van der Waals surface area contributed by atoms with Gasteiger partial charge in [0.2, 0.25) is 0 Å². The number of rotatable bonds is 6. The van der Waals surface area contributed by atoms with Crippen LogP contribution in [0, 0.1) is 12.8 Å². The second-order valence-corrected chi connectivity index (χ2v) is 5.32. The van der Waals surface area contributed by atoms with E-state index in [4.69, 9.17) is 0 Å². The van der Waals surface area contributed by atoms with Crippen LogP contribution in [0.4, 0.5) is 5.69 Å². The topological polar surface area (TPSA) is 32.3 Å². The molecule has 0 fully saturated rings. The molecule has 0 saturated heterocycles. The van der Waals surface area contributed by atoms with Crippen molar-refractivity contribution >= 4 is 11.6 Å². The Bertz CT molecular complexity index is 427. The maximum Gasteiger partial charge on any atom is 0.255 e. The molecule has 3 heteroatoms. The summed E-state index contributed by atoms with van der Waals surface area (Å²) in [5.74, 6) is 0.601. The first kappa shape index (κ1) is 15.5. The normalized spacial score (nSPS) is 10.6. The number of hydrogen-bond acceptors (Lipinski definition) is 2. The lowest BCUT2D eigenvalue weighted by molar-refractivity contribution is 0.0746. The Balaban J connectivity index is 3.02. The highest BCUT2D eigenvalue weighted by atomic mass is 16.2. The molecule has 0 radical (unpaired) electrons. The number of anilines is 1. The highest BCUT2D eigenvalue weighted by molar-refractivity contribution is 5.99. The highest BCUT2D eigenvalue weighted by Crippen LogP contribution is 2.20. The van der Waals surface area contributed by atoms with Gasteiger partial charge >= 0.3 is 0 Å². The predicted octanol–water partition coefficient (Wildman–Crippen LogP) is 3.54. The van der Waals surface area contributed by atoms with Crippen LogP contribution in [0.15, 0.2) is 18.2 Å². The highest BCUT2D eigenvalue weighted by Gasteiger charge is 2.18. The number of nitrogens with one attached hydrogen (secondary N) is 1. The number of amides is 1. The summed E-state index contributed by atoms with van der Waals surface area (Å²) in [6, 6.07) is 5.97. The van der Waals surface area contributed by atoms with Gasteiger partial charge in [0.25, 0.3) is 5.91 Å². The lowest BCUT2D eigenvalue weighted by Gasteiger charge is -2.24. The van der Waals surface area contributed by atoms with Gasteiger partial charge in [0, 0.05) is 25.3 Å². The maximum absolute atomic E-state index is 12.6. The van der Waals surface area contributed by atoms with Crippen LogP contribution in [0.1, 0.15) is 43.6 Å². The third-order valence-corrected chi connectivity index (χ3v) is 3.03. The molecule has 1 N–H and O–H groups in total. The van der Waals surface area contributed by atoms with Crippen LogP contribution in [0.5, 0.6) is 0 Å². The standard InChI is InChI=1S/C16H26N2O/c1-6-17-15-10-13(5)8-9-14(15)16(19)18(7-2)11-12(3)4/h8-10,12,17H,6-7,11H2,1-5H3. The van der Waals surface area contributed by atoms with Crippen LogP contribution in [-0.4, -0.2) is 30.4 Å². The minimum absolute atomic E-state index is 0.118. The number of carbonyl (C=O) groups is 1. The molecule has 1 rings (SSSR count). The Labute approximate surface area is 117 Å². The summed E-state index contributed by atoms with van der Waals surface area (Å²) >= 11 is 0. The van der Waals surface area contributed by atoms with E-state index in [9.17, 15) is 4.79 Å². The van der Waals surface area contributed by atoms with Gasteiger partial charge in [0.15, 0.2) is 0 Å². The monoisotopic (exact) mass is 262 g/mol. The summed E-state index contributed by atoms with van der Waals surface area (Å²) < 4.78 is 0. The first-order valence-corrected chi connectivity index (χ1v) is 7.13. The minimum atomic E-state index is 0.118. The maximum atomic E-state index is 12.6. The lowest BCUT2D eigenvalue weighted by Crippen LogP contribution is -2.34. The molecule has 0 atom stereocenters. The van der Waals surface area contributed by atoms with Crippen LogP contribution in [0.25, 0.3) is 0 Å². The Hall–Kier alpha value is -1.51. The quantitative estimate of drug-likeness (QED) is 0.850. The summed E-state index contributed by atoms with van der Waals surface area (Å²) in [6.45, 7) is 12.8. The SMILES string of the molecule is CCNc1cc(C)ccc1C(=O)N(CC)CC(C)C. The lowest BCUT2D eigenvalue weighted by atomic mass is 10.1. The van der Waals surface area contributed by atoms with Gasteiger partial charge in [-0.05, 0) is 44.4 Å². The summed E-state index contributed by atoms with van der Waals surface area (Å²) in [5, 5.41) is 3.28. The fraction of sp³-hybridized carbons (Fsp3) is 0.562. The summed E-state index contributed by atoms with van der Waals surface area (Å²) in [4.78, 5) is 14.5. The molecule has 0 bridgehead atoms. The number of hydrogen-bond donors (Lipinski definition) is 1. The molecule has 1 aromatic rings. The van der Waals surface area contributed by atoms with Crippen LogP contribution in [0.2, 0.25) is 0 Å². The van der Waals surface area contributed by atoms with E-state index in [-0.39, 0.29) is 5.91 Å². The smallest absolute Gasteiger partial charge is 0.255 e. The van der Waals surface area contributed by atoms with E-state index < -0.39 is 0 Å². The zero-order valence-corrected chi connectivity index (χ0v) is 12.8. The molecular weight excluding hydrogens is 236 g/mol. The van der Waals surface area contributed by atoms with Crippen LogP contribution in [0.3, 0.4) is 0 Å². The van der Waals surface area contributed by atoms with E-state index in [0.717, 1.165) is 30.9 Å². The van der Waals surface area contributed by atoms with Gasteiger partial charge < -0.3 is 10.2 Å². The van der Waals surface area contributed by atoms with Gasteiger partial charge in [-0.3, -0.25) is 4.79 Å². The van der Waals surface area contributed by atoms with E-state index in [0.29, 0.717) is 5.92 Å². The zero-order chi connectivity index (χ0) is 14.4. The largest absolute Gasteiger partial charge is 0.385 e. The fourth-order valence-corrected chi connectivity index (χ4v) is 2.15. The molecule has 1 amide bonds. The summed E-state index contributed by atoms with van der Waals surface area (Å²) in [6.07, 6.45) is 0. The zero-order valence-electron chi connectivity index (χ0n) is 12.8. The Kier molecular flexibility index (Phi) is 5.87. The molecule has 1 aromatic carbocycles. The number of benzene rings is 1. The van der Waals surface area contributed by atoms with E-state index in [2.05, 4.69) is 19.2 Å². The molecule has 0 aliphatic heterocycles. The van der Waals surface area contributed by atoms with Gasteiger partial charge in [0.05, 0.1) is 5.56 Å². The number of aryl methyl sites for hydroxylation is 1. The summed E-state index contributed by atoms with van der Waals surface area (Å²) in [7, 11) is 0. The van der Waals surface area contributed by atoms with Crippen molar-refractivity contribution in [3.05, 3.63) is 29.3 Å². The Morgan fingerprint density at radius 1 is 1.32 bits per heavy atom. The van der Waals surface area contributed by atoms with Gasteiger partial charge in [-0.2, -0.15) is 0 Å². The first-order chi connectivity index (χ1) is 8.99. The van der Waals surface area contributed by atoms with Crippen LogP contribution < -0.4 is 5.32 Å². The molecule has 19 heavy (non-hydrogen) atoms. The number of carbonyl (C=O) groups excluding carboxylic acids is 1. The average Bonchev–Trinajstić information content (AvgIpc) is 2.35. The van der Waals surface area contributed by atoms with Gasteiger partial charge in [-0.25, -0.2) is 0 Å². The second kappa shape index (κ2) is 7.17. The Morgan fingerprint density at radius 3 is 2.53 bits per heavy atom. The van der Waals surface area contributed by atoms with Crippen molar-refractivity contribution in [2.24, 2.45) is 5.92 Å². The number of nitrogens with zero attached hydrogens (tertiary/aromatic N) is 1. The molecule has 3 nitrogen and oxygen atoms in total. The molecule has 0 spiro atoms. The van der Waals surface area contributed by atoms with E-state index in [1.54, 1.807) is 0 Å². The molecule has 0 heterocycles. The van der Waals surface area contributed by atoms with Crippen molar-refractivity contribution in [1.82, 2.24) is 4.90 Å². The summed E-state index contributed by atoms with van der Waals surface area (Å²) in [5.41, 5.74) is 2.88. The minimum Gasteiger partial charge on any atom is -0.385 e. The van der Waals surface area contributed by atoms with Crippen molar-refractivity contribution in [1.29, 1.82) is 0 Å². The van der Waals surface area contributed by atoms with Crippen LogP contribution in [-0.2, 0) is 0 Å². The third-order valence-electron chi connectivity index (χ3n) is 3.03. The second-order valence-electron chi connectivity index (χ2n) is 5.32. The van der Waals surface area contributed by atoms with Crippen molar-refractivity contribution in [3.8, 4) is 0 Å². The molecule has 0 aromatic heterocycles. The van der Waals surface area contributed by atoms with Crippen molar-refractivity contribution in [2.45, 2.75) is 34.6 Å². The van der Waals surface area contributed by atoms with E-state index in [1.165, 1.54) is 5.56 Å². The van der Waals surface area contributed by atoms with Gasteiger partial charge in [-0.1, -0.05) is 19.9 Å².